The van der Waals surface area contributed by atoms with Gasteiger partial charge in [-0.3, -0.25) is 15.0 Å². The SMILES string of the molecule is Cc1ccc(SN2OC2c2ccccc2[N+](=O)[O-])cc1. The summed E-state index contributed by atoms with van der Waals surface area (Å²) >= 11 is 1.43. The normalized spacial score (nSPS) is 20.6. The lowest BCUT2D eigenvalue weighted by atomic mass is 10.2. The molecule has 0 spiro atoms. The van der Waals surface area contributed by atoms with Gasteiger partial charge in [-0.2, -0.15) is 0 Å². The molecule has 6 heteroatoms. The van der Waals surface area contributed by atoms with Gasteiger partial charge in [0.1, 0.15) is 0 Å². The number of hydrogen-bond acceptors (Lipinski definition) is 5. The van der Waals surface area contributed by atoms with E-state index in [-0.39, 0.29) is 16.8 Å². The van der Waals surface area contributed by atoms with Crippen molar-refractivity contribution in [3.8, 4) is 0 Å². The van der Waals surface area contributed by atoms with Crippen LogP contribution in [0.25, 0.3) is 0 Å². The summed E-state index contributed by atoms with van der Waals surface area (Å²) in [6, 6.07) is 14.7. The Morgan fingerprint density at radius 1 is 1.20 bits per heavy atom. The molecule has 2 atom stereocenters. The highest BCUT2D eigenvalue weighted by molar-refractivity contribution is 7.97. The van der Waals surface area contributed by atoms with Crippen molar-refractivity contribution in [1.82, 2.24) is 4.47 Å². The first-order valence-corrected chi connectivity index (χ1v) is 6.86. The lowest BCUT2D eigenvalue weighted by molar-refractivity contribution is -0.385. The third-order valence-electron chi connectivity index (χ3n) is 2.97. The molecule has 20 heavy (non-hydrogen) atoms. The Balaban J connectivity index is 1.73. The van der Waals surface area contributed by atoms with E-state index in [4.69, 9.17) is 4.84 Å². The molecule has 3 rings (SSSR count). The van der Waals surface area contributed by atoms with Gasteiger partial charge in [-0.15, -0.1) is 0 Å². The van der Waals surface area contributed by atoms with Crippen LogP contribution in [0.1, 0.15) is 17.4 Å². The van der Waals surface area contributed by atoms with E-state index in [1.165, 1.54) is 23.6 Å². The minimum absolute atomic E-state index is 0.0875. The Hall–Kier alpha value is -1.89. The zero-order chi connectivity index (χ0) is 14.1. The van der Waals surface area contributed by atoms with Crippen LogP contribution in [0.5, 0.6) is 0 Å². The van der Waals surface area contributed by atoms with Crippen LogP contribution < -0.4 is 0 Å². The summed E-state index contributed by atoms with van der Waals surface area (Å²) in [6.45, 7) is 2.03. The van der Waals surface area contributed by atoms with Gasteiger partial charge in [0.2, 0.25) is 0 Å². The maximum Gasteiger partial charge on any atom is 0.276 e. The molecule has 2 unspecified atom stereocenters. The second-order valence-corrected chi connectivity index (χ2v) is 5.48. The number of aryl methyl sites for hydroxylation is 1. The average Bonchev–Trinajstić information content (AvgIpc) is 3.20. The number of nitro benzene ring substituents is 1. The van der Waals surface area contributed by atoms with Crippen molar-refractivity contribution in [2.24, 2.45) is 0 Å². The quantitative estimate of drug-likeness (QED) is 0.370. The van der Waals surface area contributed by atoms with E-state index in [0.29, 0.717) is 5.56 Å². The third kappa shape index (κ3) is 2.67. The van der Waals surface area contributed by atoms with Crippen molar-refractivity contribution < 1.29 is 9.76 Å². The van der Waals surface area contributed by atoms with Crippen molar-refractivity contribution in [2.75, 3.05) is 0 Å². The molecule has 102 valence electrons. The molecule has 1 aliphatic rings. The number of nitrogens with zero attached hydrogens (tertiary/aromatic N) is 2. The van der Waals surface area contributed by atoms with Crippen molar-refractivity contribution in [3.05, 3.63) is 69.8 Å². The summed E-state index contributed by atoms with van der Waals surface area (Å²) < 4.78 is 1.66. The summed E-state index contributed by atoms with van der Waals surface area (Å²) in [6.07, 6.45) is -0.358. The fourth-order valence-corrected chi connectivity index (χ4v) is 2.68. The number of benzene rings is 2. The molecule has 0 amide bonds. The Morgan fingerprint density at radius 3 is 2.60 bits per heavy atom. The van der Waals surface area contributed by atoms with E-state index in [1.807, 2.05) is 31.2 Å². The predicted octanol–water partition coefficient (Wildman–Crippen LogP) is 3.86. The molecule has 0 aromatic heterocycles. The smallest absolute Gasteiger partial charge is 0.258 e. The van der Waals surface area contributed by atoms with E-state index in [9.17, 15) is 10.1 Å². The number of para-hydroxylation sites is 1. The monoisotopic (exact) mass is 288 g/mol. The summed E-state index contributed by atoms with van der Waals surface area (Å²) in [5, 5.41) is 11.0. The highest BCUT2D eigenvalue weighted by Crippen LogP contribution is 2.48. The van der Waals surface area contributed by atoms with E-state index in [0.717, 1.165) is 4.90 Å². The standard InChI is InChI=1S/C14H12N2O3S/c1-10-6-8-11(9-7-10)20-16-14(19-16)12-4-2-3-5-13(12)15(17)18/h2-9,14H,1H3. The van der Waals surface area contributed by atoms with E-state index >= 15 is 0 Å². The Bertz CT molecular complexity index is 645. The molecule has 1 aliphatic heterocycles. The van der Waals surface area contributed by atoms with Crippen LogP contribution in [0.15, 0.2) is 53.4 Å². The fraction of sp³-hybridized carbons (Fsp3) is 0.143. The molecule has 2 aromatic rings. The number of rotatable bonds is 4. The van der Waals surface area contributed by atoms with E-state index < -0.39 is 0 Å². The molecular formula is C14H12N2O3S. The van der Waals surface area contributed by atoms with Gasteiger partial charge in [0.05, 0.1) is 10.5 Å². The minimum atomic E-state index is -0.383. The second-order valence-electron chi connectivity index (χ2n) is 4.46. The first kappa shape index (κ1) is 13.1. The maximum atomic E-state index is 11.0. The minimum Gasteiger partial charge on any atom is -0.258 e. The molecular weight excluding hydrogens is 276 g/mol. The Morgan fingerprint density at radius 2 is 1.90 bits per heavy atom. The first-order chi connectivity index (χ1) is 9.65. The topological polar surface area (TPSA) is 58.7 Å². The maximum absolute atomic E-state index is 11.0. The van der Waals surface area contributed by atoms with Crippen LogP contribution in [0.3, 0.4) is 0 Å². The largest absolute Gasteiger partial charge is 0.276 e. The lowest BCUT2D eigenvalue weighted by Crippen LogP contribution is -1.95. The molecule has 0 saturated carbocycles. The van der Waals surface area contributed by atoms with Gasteiger partial charge in [0.25, 0.3) is 5.69 Å². The molecule has 0 radical (unpaired) electrons. The number of hydroxylamine groups is 1. The zero-order valence-electron chi connectivity index (χ0n) is 10.7. The van der Waals surface area contributed by atoms with E-state index in [2.05, 4.69) is 0 Å². The van der Waals surface area contributed by atoms with Gasteiger partial charge in [-0.05, 0) is 37.1 Å². The zero-order valence-corrected chi connectivity index (χ0v) is 11.5. The predicted molar refractivity (Wildman–Crippen MR) is 75.8 cm³/mol. The number of hydrogen-bond donors (Lipinski definition) is 0. The third-order valence-corrected chi connectivity index (χ3v) is 3.91. The highest BCUT2D eigenvalue weighted by Gasteiger charge is 2.43. The van der Waals surface area contributed by atoms with Crippen molar-refractivity contribution >= 4 is 17.6 Å². The molecule has 2 aromatic carbocycles. The van der Waals surface area contributed by atoms with Crippen LogP contribution in [-0.4, -0.2) is 9.39 Å². The molecule has 5 nitrogen and oxygen atoms in total. The summed E-state index contributed by atoms with van der Waals surface area (Å²) in [4.78, 5) is 17.1. The van der Waals surface area contributed by atoms with Crippen LogP contribution in [0, 0.1) is 17.0 Å². The Kier molecular flexibility index (Phi) is 3.43. The summed E-state index contributed by atoms with van der Waals surface area (Å²) in [7, 11) is 0. The average molecular weight is 288 g/mol. The van der Waals surface area contributed by atoms with Crippen molar-refractivity contribution in [3.63, 3.8) is 0 Å². The number of nitro groups is 1. The van der Waals surface area contributed by atoms with Crippen LogP contribution in [0.4, 0.5) is 5.69 Å². The highest BCUT2D eigenvalue weighted by atomic mass is 32.2. The van der Waals surface area contributed by atoms with Crippen LogP contribution in [0.2, 0.25) is 0 Å². The fourth-order valence-electron chi connectivity index (χ4n) is 1.88. The van der Waals surface area contributed by atoms with Gasteiger partial charge in [0.15, 0.2) is 6.23 Å². The summed E-state index contributed by atoms with van der Waals surface area (Å²) in [5.41, 5.74) is 1.86. The van der Waals surface area contributed by atoms with Crippen molar-refractivity contribution in [2.45, 2.75) is 18.0 Å². The first-order valence-electron chi connectivity index (χ1n) is 6.09. The van der Waals surface area contributed by atoms with Gasteiger partial charge in [-0.25, -0.2) is 0 Å². The van der Waals surface area contributed by atoms with Gasteiger partial charge in [0, 0.05) is 11.0 Å². The molecule has 1 fully saturated rings. The lowest BCUT2D eigenvalue weighted by Gasteiger charge is -2.00. The van der Waals surface area contributed by atoms with Gasteiger partial charge in [-0.1, -0.05) is 34.3 Å². The molecule has 1 heterocycles. The molecule has 0 aliphatic carbocycles. The molecule has 1 saturated heterocycles. The van der Waals surface area contributed by atoms with Crippen LogP contribution in [-0.2, 0) is 4.84 Å². The Labute approximate surface area is 120 Å². The molecule has 0 bridgehead atoms. The second kappa shape index (κ2) is 5.24. The van der Waals surface area contributed by atoms with Crippen LogP contribution >= 0.6 is 11.9 Å². The van der Waals surface area contributed by atoms with Gasteiger partial charge >= 0.3 is 0 Å². The van der Waals surface area contributed by atoms with Crippen molar-refractivity contribution in [1.29, 1.82) is 0 Å². The van der Waals surface area contributed by atoms with E-state index in [1.54, 1.807) is 22.7 Å². The summed E-state index contributed by atoms with van der Waals surface area (Å²) in [5.74, 6) is 0. The van der Waals surface area contributed by atoms with Gasteiger partial charge < -0.3 is 0 Å². The molecule has 0 N–H and O–H groups in total.